The molecular weight excluding hydrogens is 388 g/mol. The van der Waals surface area contributed by atoms with Crippen molar-refractivity contribution in [3.63, 3.8) is 0 Å². The third-order valence-electron chi connectivity index (χ3n) is 3.51. The van der Waals surface area contributed by atoms with E-state index in [1.807, 2.05) is 24.3 Å². The molecule has 2 rings (SSSR count). The smallest absolute Gasteiger partial charge is 0.251 e. The molecule has 24 heavy (non-hydrogen) atoms. The molecule has 0 aliphatic carbocycles. The van der Waals surface area contributed by atoms with E-state index in [1.54, 1.807) is 23.5 Å². The standard InChI is InChI=1S/C18H21BrN2O2S/c1-18(2,3)13-6-4-12(5-7-13)17(23)21-11-16(22)20-10-14-8-9-15(19)24-14/h4-9H,10-11H2,1-3H3,(H,20,22)(H,21,23). The number of halogens is 1. The van der Waals surface area contributed by atoms with Crippen LogP contribution in [0.25, 0.3) is 0 Å². The molecule has 0 spiro atoms. The summed E-state index contributed by atoms with van der Waals surface area (Å²) < 4.78 is 1.03. The van der Waals surface area contributed by atoms with Gasteiger partial charge in [0.15, 0.2) is 0 Å². The average molecular weight is 409 g/mol. The maximum absolute atomic E-state index is 12.1. The predicted octanol–water partition coefficient (Wildman–Crippen LogP) is 3.85. The van der Waals surface area contributed by atoms with Gasteiger partial charge in [-0.15, -0.1) is 11.3 Å². The number of hydrogen-bond donors (Lipinski definition) is 2. The Labute approximate surface area is 154 Å². The topological polar surface area (TPSA) is 58.2 Å². The molecule has 0 unspecified atom stereocenters. The monoisotopic (exact) mass is 408 g/mol. The zero-order valence-corrected chi connectivity index (χ0v) is 16.4. The second-order valence-corrected chi connectivity index (χ2v) is 9.04. The van der Waals surface area contributed by atoms with Gasteiger partial charge in [-0.25, -0.2) is 0 Å². The van der Waals surface area contributed by atoms with Gasteiger partial charge in [0.2, 0.25) is 5.91 Å². The number of thiophene rings is 1. The summed E-state index contributed by atoms with van der Waals surface area (Å²) in [6, 6.07) is 11.4. The molecule has 0 bridgehead atoms. The summed E-state index contributed by atoms with van der Waals surface area (Å²) in [6.45, 7) is 6.80. The third-order valence-corrected chi connectivity index (χ3v) is 5.13. The maximum Gasteiger partial charge on any atom is 0.251 e. The van der Waals surface area contributed by atoms with Gasteiger partial charge in [-0.2, -0.15) is 0 Å². The van der Waals surface area contributed by atoms with Crippen molar-refractivity contribution in [3.05, 3.63) is 56.2 Å². The zero-order chi connectivity index (χ0) is 17.7. The van der Waals surface area contributed by atoms with E-state index < -0.39 is 0 Å². The summed E-state index contributed by atoms with van der Waals surface area (Å²) in [5.41, 5.74) is 1.77. The fraction of sp³-hybridized carbons (Fsp3) is 0.333. The Kier molecular flexibility index (Phi) is 6.18. The lowest BCUT2D eigenvalue weighted by atomic mass is 9.87. The van der Waals surface area contributed by atoms with Crippen molar-refractivity contribution in [1.82, 2.24) is 10.6 Å². The Hall–Kier alpha value is -1.66. The van der Waals surface area contributed by atoms with E-state index in [9.17, 15) is 9.59 Å². The number of nitrogens with one attached hydrogen (secondary N) is 2. The Balaban J connectivity index is 1.80. The normalized spacial score (nSPS) is 11.2. The van der Waals surface area contributed by atoms with Crippen molar-refractivity contribution in [1.29, 1.82) is 0 Å². The minimum atomic E-state index is -0.246. The molecule has 2 N–H and O–H groups in total. The predicted molar refractivity (Wildman–Crippen MR) is 101 cm³/mol. The van der Waals surface area contributed by atoms with Crippen molar-refractivity contribution >= 4 is 39.1 Å². The largest absolute Gasteiger partial charge is 0.350 e. The average Bonchev–Trinajstić information content (AvgIpc) is 2.95. The second-order valence-electron chi connectivity index (χ2n) is 6.49. The van der Waals surface area contributed by atoms with E-state index in [-0.39, 0.29) is 23.8 Å². The molecule has 0 aliphatic rings. The Bertz CT molecular complexity index is 717. The van der Waals surface area contributed by atoms with Crippen LogP contribution >= 0.6 is 27.3 Å². The van der Waals surface area contributed by atoms with Crippen LogP contribution in [0, 0.1) is 0 Å². The summed E-state index contributed by atoms with van der Waals surface area (Å²) >= 11 is 4.95. The summed E-state index contributed by atoms with van der Waals surface area (Å²) in [6.07, 6.45) is 0. The molecule has 0 fully saturated rings. The van der Waals surface area contributed by atoms with E-state index in [0.29, 0.717) is 12.1 Å². The quantitative estimate of drug-likeness (QED) is 0.788. The molecule has 0 radical (unpaired) electrons. The van der Waals surface area contributed by atoms with E-state index in [2.05, 4.69) is 47.3 Å². The molecule has 0 aliphatic heterocycles. The van der Waals surface area contributed by atoms with Gasteiger partial charge in [0.25, 0.3) is 5.91 Å². The van der Waals surface area contributed by atoms with E-state index in [1.165, 1.54) is 5.56 Å². The Morgan fingerprint density at radius 3 is 2.25 bits per heavy atom. The van der Waals surface area contributed by atoms with Gasteiger partial charge in [-0.3, -0.25) is 9.59 Å². The number of carbonyl (C=O) groups is 2. The van der Waals surface area contributed by atoms with E-state index >= 15 is 0 Å². The van der Waals surface area contributed by atoms with Crippen LogP contribution in [-0.2, 0) is 16.8 Å². The van der Waals surface area contributed by atoms with E-state index in [0.717, 1.165) is 8.66 Å². The minimum absolute atomic E-state index is 0.0353. The first-order valence-electron chi connectivity index (χ1n) is 7.65. The lowest BCUT2D eigenvalue weighted by Gasteiger charge is -2.19. The third kappa shape index (κ3) is 5.46. The van der Waals surface area contributed by atoms with E-state index in [4.69, 9.17) is 0 Å². The van der Waals surface area contributed by atoms with Gasteiger partial charge in [0.1, 0.15) is 0 Å². The van der Waals surface area contributed by atoms with Gasteiger partial charge in [0, 0.05) is 10.4 Å². The van der Waals surface area contributed by atoms with Gasteiger partial charge in [-0.05, 0) is 51.2 Å². The van der Waals surface area contributed by atoms with Crippen LogP contribution in [0.3, 0.4) is 0 Å². The van der Waals surface area contributed by atoms with Crippen LogP contribution in [-0.4, -0.2) is 18.4 Å². The molecule has 0 saturated heterocycles. The molecule has 1 aromatic carbocycles. The second kappa shape index (κ2) is 7.94. The van der Waals surface area contributed by atoms with Crippen LogP contribution in [0.2, 0.25) is 0 Å². The highest BCUT2D eigenvalue weighted by molar-refractivity contribution is 9.11. The van der Waals surface area contributed by atoms with Crippen LogP contribution in [0.15, 0.2) is 40.2 Å². The fourth-order valence-corrected chi connectivity index (χ4v) is 3.50. The molecule has 128 valence electrons. The van der Waals surface area contributed by atoms with Gasteiger partial charge < -0.3 is 10.6 Å². The summed E-state index contributed by atoms with van der Waals surface area (Å²) in [7, 11) is 0. The van der Waals surface area contributed by atoms with Crippen molar-refractivity contribution in [2.75, 3.05) is 6.54 Å². The molecule has 2 aromatic rings. The number of rotatable bonds is 5. The first-order chi connectivity index (χ1) is 11.3. The number of amides is 2. The Morgan fingerprint density at radius 2 is 1.71 bits per heavy atom. The summed E-state index contributed by atoms with van der Waals surface area (Å²) in [5, 5.41) is 5.43. The minimum Gasteiger partial charge on any atom is -0.350 e. The van der Waals surface area contributed by atoms with Crippen molar-refractivity contribution in [2.24, 2.45) is 0 Å². The first kappa shape index (κ1) is 18.7. The molecule has 0 saturated carbocycles. The van der Waals surface area contributed by atoms with Crippen LogP contribution in [0.1, 0.15) is 41.6 Å². The summed E-state index contributed by atoms with van der Waals surface area (Å²) in [4.78, 5) is 25.0. The number of carbonyl (C=O) groups excluding carboxylic acids is 2. The number of hydrogen-bond acceptors (Lipinski definition) is 3. The molecule has 4 nitrogen and oxygen atoms in total. The molecular formula is C18H21BrN2O2S. The molecule has 0 atom stereocenters. The molecule has 1 aromatic heterocycles. The van der Waals surface area contributed by atoms with Crippen LogP contribution < -0.4 is 10.6 Å². The zero-order valence-electron chi connectivity index (χ0n) is 14.0. The van der Waals surface area contributed by atoms with Gasteiger partial charge in [0.05, 0.1) is 16.9 Å². The van der Waals surface area contributed by atoms with Gasteiger partial charge in [-0.1, -0.05) is 32.9 Å². The summed E-state index contributed by atoms with van der Waals surface area (Å²) in [5.74, 6) is -0.455. The van der Waals surface area contributed by atoms with Crippen molar-refractivity contribution in [2.45, 2.75) is 32.7 Å². The SMILES string of the molecule is CC(C)(C)c1ccc(C(=O)NCC(=O)NCc2ccc(Br)s2)cc1. The molecule has 2 amide bonds. The fourth-order valence-electron chi connectivity index (χ4n) is 2.08. The van der Waals surface area contributed by atoms with Crippen LogP contribution in [0.4, 0.5) is 0 Å². The van der Waals surface area contributed by atoms with Crippen molar-refractivity contribution in [3.8, 4) is 0 Å². The lowest BCUT2D eigenvalue weighted by molar-refractivity contribution is -0.120. The van der Waals surface area contributed by atoms with Gasteiger partial charge >= 0.3 is 0 Å². The first-order valence-corrected chi connectivity index (χ1v) is 9.26. The highest BCUT2D eigenvalue weighted by Crippen LogP contribution is 2.22. The molecule has 6 heteroatoms. The maximum atomic E-state index is 12.1. The van der Waals surface area contributed by atoms with Crippen molar-refractivity contribution < 1.29 is 9.59 Å². The van der Waals surface area contributed by atoms with Crippen LogP contribution in [0.5, 0.6) is 0 Å². The number of benzene rings is 1. The Morgan fingerprint density at radius 1 is 1.04 bits per heavy atom. The molecule has 1 heterocycles. The highest BCUT2D eigenvalue weighted by Gasteiger charge is 2.14. The lowest BCUT2D eigenvalue weighted by Crippen LogP contribution is -2.36. The highest BCUT2D eigenvalue weighted by atomic mass is 79.9.